The summed E-state index contributed by atoms with van der Waals surface area (Å²) in [5, 5.41) is 10.8. The number of hydrogen-bond acceptors (Lipinski definition) is 4. The van der Waals surface area contributed by atoms with Crippen molar-refractivity contribution in [2.24, 2.45) is 0 Å². The number of halogens is 2. The molecule has 4 nitrogen and oxygen atoms in total. The van der Waals surface area contributed by atoms with Gasteiger partial charge in [-0.3, -0.25) is 0 Å². The van der Waals surface area contributed by atoms with Gasteiger partial charge in [0.05, 0.1) is 22.1 Å². The lowest BCUT2D eigenvalue weighted by Gasteiger charge is -2.46. The van der Waals surface area contributed by atoms with Crippen LogP contribution < -0.4 is 4.90 Å². The number of aliphatic hydroxyl groups is 1. The highest BCUT2D eigenvalue weighted by molar-refractivity contribution is 9.10. The van der Waals surface area contributed by atoms with Gasteiger partial charge < -0.3 is 10.0 Å². The Morgan fingerprint density at radius 3 is 2.70 bits per heavy atom. The molecule has 2 heterocycles. The second kappa shape index (κ2) is 5.54. The quantitative estimate of drug-likeness (QED) is 0.747. The number of hydrogen-bond donors (Lipinski definition) is 1. The monoisotopic (exact) mass is 373 g/mol. The Labute approximate surface area is 140 Å². The summed E-state index contributed by atoms with van der Waals surface area (Å²) in [5.74, 6) is 0.284. The lowest BCUT2D eigenvalue weighted by molar-refractivity contribution is 0.0907. The van der Waals surface area contributed by atoms with E-state index in [1.54, 1.807) is 6.07 Å². The maximum absolute atomic E-state index is 13.9. The Bertz CT molecular complexity index is 874. The van der Waals surface area contributed by atoms with Gasteiger partial charge in [-0.25, -0.2) is 14.4 Å². The molecule has 6 heteroatoms. The van der Waals surface area contributed by atoms with Gasteiger partial charge in [-0.05, 0) is 33.6 Å². The summed E-state index contributed by atoms with van der Waals surface area (Å²) in [6.45, 7) is 0.462. The predicted molar refractivity (Wildman–Crippen MR) is 89.7 cm³/mol. The summed E-state index contributed by atoms with van der Waals surface area (Å²) >= 11 is 3.18. The largest absolute Gasteiger partial charge is 0.389 e. The molecule has 0 saturated carbocycles. The molecule has 0 aliphatic carbocycles. The number of benzene rings is 2. The number of aliphatic hydroxyl groups excluding tert-OH is 1. The van der Waals surface area contributed by atoms with E-state index in [1.807, 2.05) is 35.2 Å². The molecule has 2 atom stereocenters. The second-order valence-corrected chi connectivity index (χ2v) is 6.41. The molecular formula is C17H13BrFN3O. The summed E-state index contributed by atoms with van der Waals surface area (Å²) in [4.78, 5) is 10.5. The first kappa shape index (κ1) is 14.5. The van der Waals surface area contributed by atoms with Crippen LogP contribution in [0.15, 0.2) is 53.3 Å². The third kappa shape index (κ3) is 2.38. The zero-order valence-corrected chi connectivity index (χ0v) is 13.6. The number of aromatic nitrogens is 2. The van der Waals surface area contributed by atoms with Crippen LogP contribution in [0.5, 0.6) is 0 Å². The van der Waals surface area contributed by atoms with E-state index < -0.39 is 6.10 Å². The fraction of sp³-hybridized carbons (Fsp3) is 0.176. The van der Waals surface area contributed by atoms with E-state index in [1.165, 1.54) is 12.4 Å². The van der Waals surface area contributed by atoms with Gasteiger partial charge in [0, 0.05) is 11.9 Å². The first-order valence-corrected chi connectivity index (χ1v) is 8.04. The van der Waals surface area contributed by atoms with E-state index in [4.69, 9.17) is 0 Å². The first-order chi connectivity index (χ1) is 11.1. The van der Waals surface area contributed by atoms with Crippen LogP contribution in [-0.4, -0.2) is 27.7 Å². The molecule has 0 amide bonds. The standard InChI is InChI=1S/C17H13BrFN3O/c18-12-7-14-11(6-13(12)19)17(21-9-20-14)22-8-15(23)16(22)10-4-2-1-3-5-10/h1-7,9,15-16,23H,8H2/t15-,16+/m0/s1. The maximum Gasteiger partial charge on any atom is 0.140 e. The molecule has 1 N–H and O–H groups in total. The summed E-state index contributed by atoms with van der Waals surface area (Å²) in [6, 6.07) is 12.7. The molecule has 116 valence electrons. The van der Waals surface area contributed by atoms with Crippen LogP contribution in [0.3, 0.4) is 0 Å². The van der Waals surface area contributed by atoms with Crippen molar-refractivity contribution in [2.45, 2.75) is 12.1 Å². The number of β-amino-alcohol motifs (C(OH)–C–C–N with tert-alkyl or cyclic N) is 1. The van der Waals surface area contributed by atoms with Crippen LogP contribution in [-0.2, 0) is 0 Å². The van der Waals surface area contributed by atoms with Gasteiger partial charge in [0.15, 0.2) is 0 Å². The summed E-state index contributed by atoms with van der Waals surface area (Å²) in [7, 11) is 0. The summed E-state index contributed by atoms with van der Waals surface area (Å²) in [6.07, 6.45) is 0.997. The van der Waals surface area contributed by atoms with E-state index >= 15 is 0 Å². The van der Waals surface area contributed by atoms with Crippen molar-refractivity contribution in [2.75, 3.05) is 11.4 Å². The summed E-state index contributed by atoms with van der Waals surface area (Å²) in [5.41, 5.74) is 1.67. The highest BCUT2D eigenvalue weighted by Crippen LogP contribution is 2.40. The third-order valence-electron chi connectivity index (χ3n) is 4.15. The van der Waals surface area contributed by atoms with Crippen molar-refractivity contribution in [1.29, 1.82) is 0 Å². The van der Waals surface area contributed by atoms with Crippen LogP contribution in [0, 0.1) is 5.82 Å². The molecule has 0 radical (unpaired) electrons. The predicted octanol–water partition coefficient (Wildman–Crippen LogP) is 3.45. The molecule has 3 aromatic rings. The van der Waals surface area contributed by atoms with Crippen LogP contribution in [0.4, 0.5) is 10.2 Å². The van der Waals surface area contributed by atoms with Crippen LogP contribution in [0.1, 0.15) is 11.6 Å². The molecule has 4 rings (SSSR count). The van der Waals surface area contributed by atoms with Crippen LogP contribution in [0.2, 0.25) is 0 Å². The Kier molecular flexibility index (Phi) is 3.50. The van der Waals surface area contributed by atoms with Crippen molar-refractivity contribution in [3.63, 3.8) is 0 Å². The van der Waals surface area contributed by atoms with E-state index in [0.29, 0.717) is 27.7 Å². The number of nitrogens with zero attached hydrogens (tertiary/aromatic N) is 3. The van der Waals surface area contributed by atoms with E-state index in [9.17, 15) is 9.50 Å². The van der Waals surface area contributed by atoms with Crippen molar-refractivity contribution < 1.29 is 9.50 Å². The molecule has 1 fully saturated rings. The van der Waals surface area contributed by atoms with Gasteiger partial charge in [-0.15, -0.1) is 0 Å². The molecule has 0 unspecified atom stereocenters. The van der Waals surface area contributed by atoms with Crippen molar-refractivity contribution in [3.8, 4) is 0 Å². The number of rotatable bonds is 2. The Hall–Kier alpha value is -2.05. The van der Waals surface area contributed by atoms with Crippen molar-refractivity contribution in [1.82, 2.24) is 9.97 Å². The first-order valence-electron chi connectivity index (χ1n) is 7.24. The van der Waals surface area contributed by atoms with Crippen molar-refractivity contribution in [3.05, 3.63) is 64.6 Å². The van der Waals surface area contributed by atoms with Gasteiger partial charge in [0.1, 0.15) is 18.0 Å². The Balaban J connectivity index is 1.82. The lowest BCUT2D eigenvalue weighted by atomic mass is 9.91. The molecule has 1 aliphatic heterocycles. The average Bonchev–Trinajstić information content (AvgIpc) is 2.54. The average molecular weight is 374 g/mol. The van der Waals surface area contributed by atoms with Gasteiger partial charge in [0.2, 0.25) is 0 Å². The van der Waals surface area contributed by atoms with Crippen molar-refractivity contribution >= 4 is 32.7 Å². The van der Waals surface area contributed by atoms with Gasteiger partial charge in [-0.1, -0.05) is 30.3 Å². The fourth-order valence-corrected chi connectivity index (χ4v) is 3.35. The zero-order chi connectivity index (χ0) is 16.0. The van der Waals surface area contributed by atoms with E-state index in [-0.39, 0.29) is 11.9 Å². The smallest absolute Gasteiger partial charge is 0.140 e. The SMILES string of the molecule is O[C@H]1CN(c2ncnc3cc(Br)c(F)cc23)[C@@H]1c1ccccc1. The highest BCUT2D eigenvalue weighted by atomic mass is 79.9. The Morgan fingerprint density at radius 2 is 1.96 bits per heavy atom. The Morgan fingerprint density at radius 1 is 1.17 bits per heavy atom. The lowest BCUT2D eigenvalue weighted by Crippen LogP contribution is -2.54. The third-order valence-corrected chi connectivity index (χ3v) is 4.76. The highest BCUT2D eigenvalue weighted by Gasteiger charge is 2.40. The molecule has 0 spiro atoms. The molecule has 2 aromatic carbocycles. The van der Waals surface area contributed by atoms with E-state index in [2.05, 4.69) is 25.9 Å². The fourth-order valence-electron chi connectivity index (χ4n) is 3.02. The molecule has 1 saturated heterocycles. The molecule has 1 aliphatic rings. The minimum Gasteiger partial charge on any atom is -0.389 e. The van der Waals surface area contributed by atoms with Gasteiger partial charge in [0.25, 0.3) is 0 Å². The van der Waals surface area contributed by atoms with Gasteiger partial charge in [-0.2, -0.15) is 0 Å². The molecule has 23 heavy (non-hydrogen) atoms. The summed E-state index contributed by atoms with van der Waals surface area (Å²) < 4.78 is 14.3. The number of anilines is 1. The molecule has 0 bridgehead atoms. The van der Waals surface area contributed by atoms with Crippen LogP contribution in [0.25, 0.3) is 10.9 Å². The maximum atomic E-state index is 13.9. The topological polar surface area (TPSA) is 49.2 Å². The number of fused-ring (bicyclic) bond motifs is 1. The van der Waals surface area contributed by atoms with E-state index in [0.717, 1.165) is 5.56 Å². The van der Waals surface area contributed by atoms with Crippen LogP contribution >= 0.6 is 15.9 Å². The second-order valence-electron chi connectivity index (χ2n) is 5.56. The zero-order valence-electron chi connectivity index (χ0n) is 12.0. The van der Waals surface area contributed by atoms with Gasteiger partial charge >= 0.3 is 0 Å². The minimum atomic E-state index is -0.470. The molecule has 1 aromatic heterocycles. The normalized spacial score (nSPS) is 20.6. The minimum absolute atomic E-state index is 0.180. The molecular weight excluding hydrogens is 361 g/mol.